The molecule has 5 rings (SSSR count). The van der Waals surface area contributed by atoms with Gasteiger partial charge in [-0.1, -0.05) is 35.9 Å². The summed E-state index contributed by atoms with van der Waals surface area (Å²) in [5.41, 5.74) is 3.69. The van der Waals surface area contributed by atoms with Gasteiger partial charge in [-0.2, -0.15) is 5.26 Å². The number of carbonyl (C=O) groups excluding carboxylic acids is 1. The highest BCUT2D eigenvalue weighted by atomic mass is 35.5. The lowest BCUT2D eigenvalue weighted by atomic mass is 9.90. The summed E-state index contributed by atoms with van der Waals surface area (Å²) in [5.74, 6) is 0.308. The van der Waals surface area contributed by atoms with Crippen LogP contribution in [0.4, 0.5) is 0 Å². The van der Waals surface area contributed by atoms with Crippen molar-refractivity contribution in [3.05, 3.63) is 117 Å². The van der Waals surface area contributed by atoms with Crippen LogP contribution >= 0.6 is 11.6 Å². The van der Waals surface area contributed by atoms with Gasteiger partial charge in [-0.25, -0.2) is 4.85 Å². The number of cyclic esters (lactones) is 1. The average Bonchev–Trinajstić information content (AvgIpc) is 3.49. The van der Waals surface area contributed by atoms with E-state index < -0.39 is 18.2 Å². The number of esters is 1. The molecule has 0 saturated heterocycles. The topological polar surface area (TPSA) is 102 Å². The van der Waals surface area contributed by atoms with Crippen molar-refractivity contribution >= 4 is 28.7 Å². The summed E-state index contributed by atoms with van der Waals surface area (Å²) >= 11 is 6.90. The third kappa shape index (κ3) is 5.36. The Labute approximate surface area is 242 Å². The van der Waals surface area contributed by atoms with Crippen LogP contribution in [0.15, 0.2) is 94.1 Å². The summed E-state index contributed by atoms with van der Waals surface area (Å²) in [6, 6.07) is 16.3. The standard InChI is InChI=1S/C32H25ClN2O6/c1-35-30-28(19-9-13-23(39-3)14-10-19)26(41-32(30)37)16-21-6-4-5-20(29(21)33)15-25-27(24(17-34)31(36)40-25)18-7-11-22(38-2)12-8-18/h7-16,24,31,36H,4-6H2,2-3H3. The third-order valence-corrected chi connectivity index (χ3v) is 7.57. The Kier molecular flexibility index (Phi) is 7.98. The van der Waals surface area contributed by atoms with E-state index >= 15 is 0 Å². The van der Waals surface area contributed by atoms with E-state index in [4.69, 9.17) is 37.1 Å². The van der Waals surface area contributed by atoms with Gasteiger partial charge >= 0.3 is 5.97 Å². The molecule has 1 N–H and O–H groups in total. The normalized spacial score (nSPS) is 22.5. The number of aliphatic hydroxyl groups is 1. The van der Waals surface area contributed by atoms with Gasteiger partial charge in [-0.3, -0.25) is 4.79 Å². The lowest BCUT2D eigenvalue weighted by Crippen LogP contribution is -2.15. The summed E-state index contributed by atoms with van der Waals surface area (Å²) in [4.78, 5) is 16.0. The SMILES string of the molecule is [C-]#[N+]C1=C(c2ccc(OC)cc2)C(=CC2=C(Cl)C(=CC3=C(c4ccc(OC)cc4)C(C#N)C(O)O3)CCC2)OC1=O. The summed E-state index contributed by atoms with van der Waals surface area (Å²) in [6.45, 7) is 7.55. The fraction of sp³-hybridized carbons (Fsp3) is 0.219. The third-order valence-electron chi connectivity index (χ3n) is 7.09. The Morgan fingerprint density at radius 2 is 1.68 bits per heavy atom. The van der Waals surface area contributed by atoms with Crippen molar-refractivity contribution in [2.45, 2.75) is 25.6 Å². The van der Waals surface area contributed by atoms with E-state index in [0.717, 1.165) is 23.1 Å². The summed E-state index contributed by atoms with van der Waals surface area (Å²) in [6.07, 6.45) is 4.14. The Bertz CT molecular complexity index is 1630. The van der Waals surface area contributed by atoms with Crippen LogP contribution in [0, 0.1) is 23.8 Å². The molecule has 9 heteroatoms. The van der Waals surface area contributed by atoms with E-state index in [1.165, 1.54) is 0 Å². The summed E-state index contributed by atoms with van der Waals surface area (Å²) < 4.78 is 21.7. The van der Waals surface area contributed by atoms with Crippen molar-refractivity contribution in [2.75, 3.05) is 14.2 Å². The van der Waals surface area contributed by atoms with Crippen molar-refractivity contribution in [1.29, 1.82) is 5.26 Å². The van der Waals surface area contributed by atoms with Gasteiger partial charge < -0.3 is 24.1 Å². The van der Waals surface area contributed by atoms with Crippen LogP contribution in [0.2, 0.25) is 0 Å². The van der Waals surface area contributed by atoms with Crippen molar-refractivity contribution in [2.24, 2.45) is 5.92 Å². The van der Waals surface area contributed by atoms with Crippen LogP contribution in [0.3, 0.4) is 0 Å². The van der Waals surface area contributed by atoms with Gasteiger partial charge in [-0.15, -0.1) is 0 Å². The van der Waals surface area contributed by atoms with E-state index in [1.54, 1.807) is 62.8 Å². The first kappa shape index (κ1) is 27.8. The summed E-state index contributed by atoms with van der Waals surface area (Å²) in [5, 5.41) is 20.7. The van der Waals surface area contributed by atoms with Crippen LogP contribution in [0.1, 0.15) is 30.4 Å². The number of hydrogen-bond donors (Lipinski definition) is 1. The fourth-order valence-electron chi connectivity index (χ4n) is 5.03. The molecule has 2 atom stereocenters. The van der Waals surface area contributed by atoms with E-state index in [2.05, 4.69) is 10.9 Å². The molecule has 3 aliphatic rings. The zero-order valence-corrected chi connectivity index (χ0v) is 23.1. The second kappa shape index (κ2) is 11.8. The van der Waals surface area contributed by atoms with Crippen molar-refractivity contribution in [3.8, 4) is 17.6 Å². The minimum Gasteiger partial charge on any atom is -0.497 e. The van der Waals surface area contributed by atoms with Crippen LogP contribution < -0.4 is 9.47 Å². The molecule has 2 aromatic carbocycles. The highest BCUT2D eigenvalue weighted by molar-refractivity contribution is 6.32. The molecule has 2 aromatic rings. The van der Waals surface area contributed by atoms with Gasteiger partial charge in [0.25, 0.3) is 5.70 Å². The predicted molar refractivity (Wildman–Crippen MR) is 152 cm³/mol. The molecule has 2 aliphatic heterocycles. The number of allylic oxidation sites excluding steroid dienone is 6. The summed E-state index contributed by atoms with van der Waals surface area (Å²) in [7, 11) is 3.13. The number of benzene rings is 2. The number of hydrogen-bond acceptors (Lipinski definition) is 7. The minimum absolute atomic E-state index is 0.102. The van der Waals surface area contributed by atoms with Crippen molar-refractivity contribution in [1.82, 2.24) is 0 Å². The second-order valence-electron chi connectivity index (χ2n) is 9.45. The Hall–Kier alpha value is -4.76. The highest BCUT2D eigenvalue weighted by Gasteiger charge is 2.36. The number of nitriles is 1. The maximum absolute atomic E-state index is 12.5. The Morgan fingerprint density at radius 1 is 1.05 bits per heavy atom. The van der Waals surface area contributed by atoms with Crippen LogP contribution in [-0.2, 0) is 14.3 Å². The van der Waals surface area contributed by atoms with Gasteiger partial charge in [0.2, 0.25) is 6.29 Å². The first-order chi connectivity index (χ1) is 19.9. The molecule has 8 nitrogen and oxygen atoms in total. The maximum Gasteiger partial charge on any atom is 0.342 e. The molecule has 0 saturated carbocycles. The zero-order chi connectivity index (χ0) is 29.1. The highest BCUT2D eigenvalue weighted by Crippen LogP contribution is 2.43. The second-order valence-corrected chi connectivity index (χ2v) is 9.82. The van der Waals surface area contributed by atoms with Gasteiger partial charge in [0, 0.05) is 16.2 Å². The number of halogens is 1. The van der Waals surface area contributed by atoms with Gasteiger partial charge in [0.15, 0.2) is 0 Å². The van der Waals surface area contributed by atoms with Crippen LogP contribution in [0.5, 0.6) is 11.5 Å². The first-order valence-electron chi connectivity index (χ1n) is 12.8. The van der Waals surface area contributed by atoms with Crippen molar-refractivity contribution < 1.29 is 28.8 Å². The first-order valence-corrected chi connectivity index (χ1v) is 13.2. The molecule has 0 amide bonds. The Balaban J connectivity index is 1.56. The molecule has 41 heavy (non-hydrogen) atoms. The smallest absolute Gasteiger partial charge is 0.342 e. The van der Waals surface area contributed by atoms with Gasteiger partial charge in [0.05, 0.1) is 26.9 Å². The van der Waals surface area contributed by atoms with E-state index in [1.807, 2.05) is 12.1 Å². The molecule has 1 aliphatic carbocycles. The molecule has 2 heterocycles. The number of nitrogens with zero attached hydrogens (tertiary/aromatic N) is 2. The lowest BCUT2D eigenvalue weighted by Gasteiger charge is -2.18. The van der Waals surface area contributed by atoms with Gasteiger partial charge in [-0.05, 0) is 78.0 Å². The largest absolute Gasteiger partial charge is 0.497 e. The Morgan fingerprint density at radius 3 is 2.27 bits per heavy atom. The van der Waals surface area contributed by atoms with Crippen molar-refractivity contribution in [3.63, 3.8) is 0 Å². The molecular formula is C32H25ClN2O6. The fourth-order valence-corrected chi connectivity index (χ4v) is 5.33. The number of aliphatic hydroxyl groups excluding tert-OH is 1. The minimum atomic E-state index is -1.32. The molecular weight excluding hydrogens is 544 g/mol. The predicted octanol–water partition coefficient (Wildman–Crippen LogP) is 6.28. The lowest BCUT2D eigenvalue weighted by molar-refractivity contribution is -0.132. The van der Waals surface area contributed by atoms with E-state index in [0.29, 0.717) is 51.8 Å². The molecule has 0 bridgehead atoms. The van der Waals surface area contributed by atoms with Crippen LogP contribution in [-0.4, -0.2) is 31.6 Å². The van der Waals surface area contributed by atoms with E-state index in [9.17, 15) is 15.2 Å². The number of rotatable bonds is 6. The molecule has 0 radical (unpaired) electrons. The monoisotopic (exact) mass is 568 g/mol. The number of ether oxygens (including phenoxy) is 4. The molecule has 206 valence electrons. The zero-order valence-electron chi connectivity index (χ0n) is 22.3. The van der Waals surface area contributed by atoms with Gasteiger partial charge in [0.1, 0.15) is 28.9 Å². The number of methoxy groups -OCH3 is 2. The molecule has 0 spiro atoms. The molecule has 0 fully saturated rings. The molecule has 0 aromatic heterocycles. The molecule has 2 unspecified atom stereocenters. The average molecular weight is 569 g/mol. The maximum atomic E-state index is 12.5. The quantitative estimate of drug-likeness (QED) is 0.323. The van der Waals surface area contributed by atoms with Crippen LogP contribution in [0.25, 0.3) is 16.0 Å². The van der Waals surface area contributed by atoms with E-state index in [-0.39, 0.29) is 11.5 Å². The number of carbonyl (C=O) groups is 1.